The van der Waals surface area contributed by atoms with E-state index in [1.54, 1.807) is 0 Å². The van der Waals surface area contributed by atoms with Crippen LogP contribution in [0.25, 0.3) is 11.1 Å². The summed E-state index contributed by atoms with van der Waals surface area (Å²) in [5, 5.41) is 8.55. The minimum absolute atomic E-state index is 0.106. The fraction of sp³-hybridized carbons (Fsp3) is 0.176. The average molecular weight is 296 g/mol. The van der Waals surface area contributed by atoms with Gasteiger partial charge in [0.05, 0.1) is 5.69 Å². The van der Waals surface area contributed by atoms with Gasteiger partial charge in [0.1, 0.15) is 6.04 Å². The number of nitrogens with zero attached hydrogens (tertiary/aromatic N) is 3. The van der Waals surface area contributed by atoms with Crippen molar-refractivity contribution < 1.29 is 0 Å². The summed E-state index contributed by atoms with van der Waals surface area (Å²) in [5.74, 6) is 0.566. The lowest BCUT2D eigenvalue weighted by Crippen LogP contribution is -2.10. The highest BCUT2D eigenvalue weighted by atomic mass is 35.5. The first kappa shape index (κ1) is 12.6. The minimum Gasteiger partial charge on any atom is -0.240 e. The maximum Gasteiger partial charge on any atom is 0.105 e. The molecule has 3 nitrogen and oxygen atoms in total. The zero-order valence-corrected chi connectivity index (χ0v) is 12.2. The molecule has 104 valence electrons. The van der Waals surface area contributed by atoms with Crippen LogP contribution in [0, 0.1) is 0 Å². The van der Waals surface area contributed by atoms with E-state index in [0.717, 1.165) is 12.1 Å². The maximum atomic E-state index is 5.79. The third-order valence-corrected chi connectivity index (χ3v) is 4.16. The Morgan fingerprint density at radius 2 is 1.57 bits per heavy atom. The number of hydrogen-bond acceptors (Lipinski definition) is 2. The van der Waals surface area contributed by atoms with E-state index >= 15 is 0 Å². The summed E-state index contributed by atoms with van der Waals surface area (Å²) >= 11 is 5.79. The second kappa shape index (κ2) is 5.01. The Bertz CT molecular complexity index is 748. The molecule has 1 aromatic heterocycles. The van der Waals surface area contributed by atoms with Crippen LogP contribution in [0.3, 0.4) is 0 Å². The molecular formula is C17H14ClN3. The largest absolute Gasteiger partial charge is 0.240 e. The van der Waals surface area contributed by atoms with E-state index in [4.69, 9.17) is 11.6 Å². The van der Waals surface area contributed by atoms with E-state index in [0.29, 0.717) is 5.88 Å². The molecule has 0 fully saturated rings. The molecule has 1 aliphatic rings. The van der Waals surface area contributed by atoms with Crippen molar-refractivity contribution in [1.82, 2.24) is 15.0 Å². The summed E-state index contributed by atoms with van der Waals surface area (Å²) in [7, 11) is 0. The van der Waals surface area contributed by atoms with Crippen molar-refractivity contribution in [3.8, 4) is 11.1 Å². The minimum atomic E-state index is 0.106. The fourth-order valence-corrected chi connectivity index (χ4v) is 3.26. The number of fused-ring (bicyclic) bond motifs is 3. The molecule has 0 saturated heterocycles. The van der Waals surface area contributed by atoms with Gasteiger partial charge in [-0.15, -0.1) is 16.7 Å². The summed E-state index contributed by atoms with van der Waals surface area (Å²) in [5.41, 5.74) is 6.06. The van der Waals surface area contributed by atoms with Crippen molar-refractivity contribution in [2.24, 2.45) is 0 Å². The topological polar surface area (TPSA) is 30.7 Å². The SMILES string of the molecule is ClCCc1cn(C2c3ccccc3-c3ccccc32)nn1. The van der Waals surface area contributed by atoms with Gasteiger partial charge in [0.25, 0.3) is 0 Å². The first-order valence-corrected chi connectivity index (χ1v) is 7.57. The Balaban J connectivity index is 1.88. The van der Waals surface area contributed by atoms with Gasteiger partial charge in [0.2, 0.25) is 0 Å². The van der Waals surface area contributed by atoms with Gasteiger partial charge in [0, 0.05) is 18.5 Å². The molecule has 0 amide bonds. The lowest BCUT2D eigenvalue weighted by atomic mass is 10.1. The molecule has 0 atom stereocenters. The van der Waals surface area contributed by atoms with Gasteiger partial charge in [-0.2, -0.15) is 0 Å². The van der Waals surface area contributed by atoms with E-state index in [1.165, 1.54) is 22.3 Å². The standard InChI is InChI=1S/C17H14ClN3/c18-10-9-12-11-21(20-19-12)17-15-7-3-1-5-13(15)14-6-2-4-8-16(14)17/h1-8,11,17H,9-10H2. The van der Waals surface area contributed by atoms with Crippen molar-refractivity contribution in [3.63, 3.8) is 0 Å². The Kier molecular flexibility index (Phi) is 3.00. The summed E-state index contributed by atoms with van der Waals surface area (Å²) in [6.45, 7) is 0. The Labute approximate surface area is 128 Å². The summed E-state index contributed by atoms with van der Waals surface area (Å²) in [6.07, 6.45) is 2.75. The van der Waals surface area contributed by atoms with Crippen molar-refractivity contribution in [2.75, 3.05) is 5.88 Å². The van der Waals surface area contributed by atoms with Crippen LogP contribution in [0.4, 0.5) is 0 Å². The van der Waals surface area contributed by atoms with Gasteiger partial charge in [-0.1, -0.05) is 53.7 Å². The van der Waals surface area contributed by atoms with Crippen LogP contribution in [-0.4, -0.2) is 20.9 Å². The third-order valence-electron chi connectivity index (χ3n) is 3.97. The predicted octanol–water partition coefficient (Wildman–Crippen LogP) is 3.68. The molecule has 1 aliphatic carbocycles. The van der Waals surface area contributed by atoms with E-state index in [2.05, 4.69) is 58.8 Å². The van der Waals surface area contributed by atoms with E-state index in [-0.39, 0.29) is 6.04 Å². The van der Waals surface area contributed by atoms with Crippen LogP contribution < -0.4 is 0 Å². The van der Waals surface area contributed by atoms with E-state index < -0.39 is 0 Å². The fourth-order valence-electron chi connectivity index (χ4n) is 3.06. The number of halogens is 1. The predicted molar refractivity (Wildman–Crippen MR) is 83.6 cm³/mol. The molecule has 4 heteroatoms. The van der Waals surface area contributed by atoms with Gasteiger partial charge in [0.15, 0.2) is 0 Å². The molecule has 0 bridgehead atoms. The molecule has 2 aromatic carbocycles. The second-order valence-corrected chi connectivity index (χ2v) is 5.58. The Hall–Kier alpha value is -2.13. The average Bonchev–Trinajstić information content (AvgIpc) is 3.10. The van der Waals surface area contributed by atoms with Crippen LogP contribution in [0.5, 0.6) is 0 Å². The van der Waals surface area contributed by atoms with Crippen LogP contribution in [0.15, 0.2) is 54.7 Å². The van der Waals surface area contributed by atoms with Crippen molar-refractivity contribution in [1.29, 1.82) is 0 Å². The molecule has 3 aromatic rings. The molecule has 0 aliphatic heterocycles. The van der Waals surface area contributed by atoms with Crippen molar-refractivity contribution in [3.05, 3.63) is 71.5 Å². The van der Waals surface area contributed by atoms with Crippen LogP contribution in [-0.2, 0) is 6.42 Å². The molecule has 21 heavy (non-hydrogen) atoms. The van der Waals surface area contributed by atoms with Crippen LogP contribution >= 0.6 is 11.6 Å². The lowest BCUT2D eigenvalue weighted by Gasteiger charge is -2.13. The van der Waals surface area contributed by atoms with Gasteiger partial charge >= 0.3 is 0 Å². The highest BCUT2D eigenvalue weighted by molar-refractivity contribution is 6.17. The van der Waals surface area contributed by atoms with Crippen LogP contribution in [0.1, 0.15) is 22.9 Å². The Morgan fingerprint density at radius 1 is 0.952 bits per heavy atom. The number of rotatable bonds is 3. The number of aryl methyl sites for hydroxylation is 1. The van der Waals surface area contributed by atoms with E-state index in [9.17, 15) is 0 Å². The Morgan fingerprint density at radius 3 is 2.19 bits per heavy atom. The normalized spacial score (nSPS) is 13.2. The number of benzene rings is 2. The van der Waals surface area contributed by atoms with Crippen LogP contribution in [0.2, 0.25) is 0 Å². The number of alkyl halides is 1. The quantitative estimate of drug-likeness (QED) is 0.540. The van der Waals surface area contributed by atoms with Crippen molar-refractivity contribution >= 4 is 11.6 Å². The molecular weight excluding hydrogens is 282 g/mol. The summed E-state index contributed by atoms with van der Waals surface area (Å²) in [4.78, 5) is 0. The zero-order valence-electron chi connectivity index (χ0n) is 11.4. The van der Waals surface area contributed by atoms with Gasteiger partial charge in [-0.3, -0.25) is 0 Å². The molecule has 4 rings (SSSR count). The molecule has 1 heterocycles. The van der Waals surface area contributed by atoms with E-state index in [1.807, 2.05) is 10.9 Å². The molecule has 0 saturated carbocycles. The number of hydrogen-bond donors (Lipinski definition) is 0. The zero-order chi connectivity index (χ0) is 14.2. The monoisotopic (exact) mass is 295 g/mol. The molecule has 0 N–H and O–H groups in total. The van der Waals surface area contributed by atoms with Gasteiger partial charge < -0.3 is 0 Å². The highest BCUT2D eigenvalue weighted by Crippen LogP contribution is 2.44. The van der Waals surface area contributed by atoms with Gasteiger partial charge in [-0.05, 0) is 22.3 Å². The maximum absolute atomic E-state index is 5.79. The second-order valence-electron chi connectivity index (χ2n) is 5.21. The molecule has 0 radical (unpaired) electrons. The summed E-state index contributed by atoms with van der Waals surface area (Å²) in [6, 6.07) is 17.1. The first-order valence-electron chi connectivity index (χ1n) is 7.03. The summed E-state index contributed by atoms with van der Waals surface area (Å²) < 4.78 is 1.95. The molecule has 0 spiro atoms. The first-order chi connectivity index (χ1) is 10.4. The lowest BCUT2D eigenvalue weighted by molar-refractivity contribution is 0.580. The van der Waals surface area contributed by atoms with Gasteiger partial charge in [-0.25, -0.2) is 4.68 Å². The van der Waals surface area contributed by atoms with Crippen molar-refractivity contribution in [2.45, 2.75) is 12.5 Å². The highest BCUT2D eigenvalue weighted by Gasteiger charge is 2.30. The third kappa shape index (κ3) is 1.96. The number of aromatic nitrogens is 3. The molecule has 0 unspecified atom stereocenters. The smallest absolute Gasteiger partial charge is 0.105 e.